The summed E-state index contributed by atoms with van der Waals surface area (Å²) in [5.74, 6) is 0.835. The fourth-order valence-electron chi connectivity index (χ4n) is 7.13. The van der Waals surface area contributed by atoms with E-state index >= 15 is 0 Å². The fourth-order valence-corrected chi connectivity index (χ4v) is 7.26. The van der Waals surface area contributed by atoms with Gasteiger partial charge in [0.25, 0.3) is 5.91 Å². The van der Waals surface area contributed by atoms with E-state index < -0.39 is 0 Å². The first kappa shape index (κ1) is 29.4. The molecule has 3 heterocycles. The molecule has 2 fully saturated rings. The average molecular weight is 602 g/mol. The number of piperidine rings is 1. The number of nitrogens with zero attached hydrogens (tertiary/aromatic N) is 2. The highest BCUT2D eigenvalue weighted by Gasteiger charge is 2.40. The van der Waals surface area contributed by atoms with Crippen molar-refractivity contribution in [3.63, 3.8) is 0 Å². The van der Waals surface area contributed by atoms with Gasteiger partial charge >= 0.3 is 0 Å². The number of rotatable bonds is 11. The third kappa shape index (κ3) is 6.48. The number of carbonyl (C=O) groups is 2. The van der Waals surface area contributed by atoms with E-state index in [-0.39, 0.29) is 24.1 Å². The van der Waals surface area contributed by atoms with Gasteiger partial charge in [0.15, 0.2) is 5.78 Å². The number of carbonyl (C=O) groups excluding carboxylic acids is 2. The lowest BCUT2D eigenvalue weighted by atomic mass is 9.85. The first-order valence-electron chi connectivity index (χ1n) is 15.1. The SMILES string of the molecule is COc1cccc2c(C(=O)NCc3cccc(F)c3)cn(CCCN3[C@@H]4CC[C@H]3C[C@H](CC(=O)c3ccc(Cl)cc3)C4)c12. The first-order chi connectivity index (χ1) is 20.9. The van der Waals surface area contributed by atoms with E-state index in [4.69, 9.17) is 16.3 Å². The summed E-state index contributed by atoms with van der Waals surface area (Å²) in [6.07, 6.45) is 7.95. The van der Waals surface area contributed by atoms with Crippen molar-refractivity contribution in [2.75, 3.05) is 13.7 Å². The van der Waals surface area contributed by atoms with Gasteiger partial charge in [-0.05, 0) is 86.1 Å². The molecule has 6 rings (SSSR count). The van der Waals surface area contributed by atoms with Gasteiger partial charge in [-0.15, -0.1) is 0 Å². The zero-order valence-electron chi connectivity index (χ0n) is 24.4. The van der Waals surface area contributed by atoms with Crippen LogP contribution in [0.4, 0.5) is 4.39 Å². The summed E-state index contributed by atoms with van der Waals surface area (Å²) >= 11 is 6.00. The van der Waals surface area contributed by atoms with Crippen LogP contribution >= 0.6 is 11.6 Å². The molecule has 224 valence electrons. The predicted octanol–water partition coefficient (Wildman–Crippen LogP) is 7.28. The van der Waals surface area contributed by atoms with Crippen LogP contribution in [0.15, 0.2) is 72.9 Å². The second kappa shape index (κ2) is 12.9. The van der Waals surface area contributed by atoms with E-state index in [1.54, 1.807) is 31.4 Å². The van der Waals surface area contributed by atoms with Gasteiger partial charge in [-0.1, -0.05) is 35.9 Å². The normalized spacial score (nSPS) is 19.9. The Hall–Kier alpha value is -3.68. The van der Waals surface area contributed by atoms with Crippen molar-refractivity contribution in [1.29, 1.82) is 0 Å². The Balaban J connectivity index is 1.09. The lowest BCUT2D eigenvalue weighted by Crippen LogP contribution is -2.43. The van der Waals surface area contributed by atoms with Crippen molar-refractivity contribution >= 4 is 34.2 Å². The number of ether oxygens (including phenoxy) is 1. The van der Waals surface area contributed by atoms with Crippen molar-refractivity contribution < 1.29 is 18.7 Å². The molecule has 4 aromatic rings. The predicted molar refractivity (Wildman–Crippen MR) is 167 cm³/mol. The largest absolute Gasteiger partial charge is 0.495 e. The minimum atomic E-state index is -0.322. The summed E-state index contributed by atoms with van der Waals surface area (Å²) in [6, 6.07) is 20.3. The minimum Gasteiger partial charge on any atom is -0.495 e. The van der Waals surface area contributed by atoms with Gasteiger partial charge in [0.1, 0.15) is 11.6 Å². The molecule has 1 amide bonds. The number of fused-ring (bicyclic) bond motifs is 3. The highest BCUT2D eigenvalue weighted by molar-refractivity contribution is 6.30. The molecule has 2 aliphatic heterocycles. The summed E-state index contributed by atoms with van der Waals surface area (Å²) in [4.78, 5) is 28.8. The number of para-hydroxylation sites is 1. The van der Waals surface area contributed by atoms with Crippen molar-refractivity contribution in [3.8, 4) is 5.75 Å². The Morgan fingerprint density at radius 1 is 1.00 bits per heavy atom. The number of amides is 1. The van der Waals surface area contributed by atoms with E-state index in [1.165, 1.54) is 25.0 Å². The molecule has 1 aromatic heterocycles. The molecule has 0 unspecified atom stereocenters. The standard InChI is InChI=1S/C35H37ClFN3O3/c1-43-33-8-3-7-30-31(35(42)38-21-23-5-2-6-27(37)17-23)22-39(34(30)33)15-4-16-40-28-13-14-29(40)19-24(18-28)20-32(41)25-9-11-26(36)12-10-25/h2-3,5-12,17,22,24,28-29H,4,13-16,18-21H2,1H3,(H,38,42)/t24-,28-,29+. The van der Waals surface area contributed by atoms with E-state index in [1.807, 2.05) is 36.5 Å². The van der Waals surface area contributed by atoms with Crippen LogP contribution in [-0.2, 0) is 13.1 Å². The summed E-state index contributed by atoms with van der Waals surface area (Å²) in [7, 11) is 1.65. The summed E-state index contributed by atoms with van der Waals surface area (Å²) in [5.41, 5.74) is 2.94. The van der Waals surface area contributed by atoms with Gasteiger partial charge in [-0.2, -0.15) is 0 Å². The number of halogens is 2. The fraction of sp³-hybridized carbons (Fsp3) is 0.371. The van der Waals surface area contributed by atoms with Crippen LogP contribution in [0, 0.1) is 11.7 Å². The smallest absolute Gasteiger partial charge is 0.253 e. The number of methoxy groups -OCH3 is 1. The molecule has 0 spiro atoms. The lowest BCUT2D eigenvalue weighted by molar-refractivity contribution is 0.0807. The summed E-state index contributed by atoms with van der Waals surface area (Å²) in [5, 5.41) is 4.43. The van der Waals surface area contributed by atoms with Crippen LogP contribution in [0.5, 0.6) is 5.75 Å². The van der Waals surface area contributed by atoms with Crippen molar-refractivity contribution in [1.82, 2.24) is 14.8 Å². The minimum absolute atomic E-state index is 0.200. The molecule has 0 saturated carbocycles. The number of Topliss-reactive ketones (excluding diaryl/α,β-unsaturated/α-hetero) is 1. The number of nitrogens with one attached hydrogen (secondary N) is 1. The second-order valence-electron chi connectivity index (χ2n) is 11.9. The van der Waals surface area contributed by atoms with Crippen LogP contribution in [0.2, 0.25) is 5.02 Å². The maximum absolute atomic E-state index is 13.6. The molecule has 2 bridgehead atoms. The second-order valence-corrected chi connectivity index (χ2v) is 12.3. The summed E-state index contributed by atoms with van der Waals surface area (Å²) < 4.78 is 21.4. The van der Waals surface area contributed by atoms with Gasteiger partial charge < -0.3 is 14.6 Å². The lowest BCUT2D eigenvalue weighted by Gasteiger charge is -2.39. The van der Waals surface area contributed by atoms with E-state index in [0.717, 1.165) is 54.6 Å². The number of benzene rings is 3. The Kier molecular flexibility index (Phi) is 8.82. The maximum Gasteiger partial charge on any atom is 0.253 e. The van der Waals surface area contributed by atoms with Crippen molar-refractivity contribution in [2.24, 2.45) is 5.92 Å². The molecule has 6 nitrogen and oxygen atoms in total. The van der Waals surface area contributed by atoms with Crippen molar-refractivity contribution in [2.45, 2.75) is 63.7 Å². The molecular weight excluding hydrogens is 565 g/mol. The molecule has 3 aromatic carbocycles. The zero-order chi connectivity index (χ0) is 29.9. The molecule has 3 atom stereocenters. The van der Waals surface area contributed by atoms with Crippen LogP contribution in [0.1, 0.15) is 64.8 Å². The van der Waals surface area contributed by atoms with Gasteiger partial charge in [-0.3, -0.25) is 14.5 Å². The monoisotopic (exact) mass is 601 g/mol. The highest BCUT2D eigenvalue weighted by Crippen LogP contribution is 2.40. The number of hydrogen-bond donors (Lipinski definition) is 1. The molecule has 0 radical (unpaired) electrons. The first-order valence-corrected chi connectivity index (χ1v) is 15.5. The van der Waals surface area contributed by atoms with Crippen LogP contribution in [0.25, 0.3) is 10.9 Å². The average Bonchev–Trinajstić information content (AvgIpc) is 3.49. The number of aromatic nitrogens is 1. The molecule has 0 aliphatic carbocycles. The topological polar surface area (TPSA) is 63.6 Å². The quantitative estimate of drug-likeness (QED) is 0.184. The third-order valence-corrected chi connectivity index (χ3v) is 9.36. The molecule has 1 N–H and O–H groups in total. The van der Waals surface area contributed by atoms with Gasteiger partial charge in [-0.25, -0.2) is 4.39 Å². The van der Waals surface area contributed by atoms with Gasteiger partial charge in [0.05, 0.1) is 18.2 Å². The number of aryl methyl sites for hydroxylation is 1. The molecule has 8 heteroatoms. The third-order valence-electron chi connectivity index (χ3n) is 9.11. The Morgan fingerprint density at radius 3 is 2.47 bits per heavy atom. The molecule has 2 saturated heterocycles. The molecule has 2 aliphatic rings. The van der Waals surface area contributed by atoms with E-state index in [0.29, 0.717) is 40.6 Å². The molecule has 43 heavy (non-hydrogen) atoms. The number of ketones is 1. The van der Waals surface area contributed by atoms with E-state index in [2.05, 4.69) is 14.8 Å². The Morgan fingerprint density at radius 2 is 1.74 bits per heavy atom. The Labute approximate surface area is 256 Å². The van der Waals surface area contributed by atoms with E-state index in [9.17, 15) is 14.0 Å². The highest BCUT2D eigenvalue weighted by atomic mass is 35.5. The maximum atomic E-state index is 13.6. The van der Waals surface area contributed by atoms with Gasteiger partial charge in [0.2, 0.25) is 0 Å². The van der Waals surface area contributed by atoms with Crippen LogP contribution in [-0.4, -0.2) is 46.9 Å². The van der Waals surface area contributed by atoms with Crippen molar-refractivity contribution in [3.05, 3.63) is 100 Å². The summed E-state index contributed by atoms with van der Waals surface area (Å²) in [6.45, 7) is 1.98. The Bertz CT molecular complexity index is 1600. The molecular formula is C35H37ClFN3O3. The van der Waals surface area contributed by atoms with Crippen LogP contribution in [0.3, 0.4) is 0 Å². The number of hydrogen-bond acceptors (Lipinski definition) is 4. The van der Waals surface area contributed by atoms with Gasteiger partial charge in [0, 0.05) is 60.3 Å². The zero-order valence-corrected chi connectivity index (χ0v) is 25.2. The van der Waals surface area contributed by atoms with Crippen LogP contribution < -0.4 is 10.1 Å².